The van der Waals surface area contributed by atoms with E-state index in [1.807, 2.05) is 29.2 Å². The Morgan fingerprint density at radius 2 is 1.79 bits per heavy atom. The van der Waals surface area contributed by atoms with Crippen LogP contribution in [0.2, 0.25) is 0 Å². The zero-order valence-corrected chi connectivity index (χ0v) is 14.4. The molecule has 1 N–H and O–H groups in total. The lowest BCUT2D eigenvalue weighted by molar-refractivity contribution is 0.275. The quantitative estimate of drug-likeness (QED) is 0.840. The molecule has 0 saturated carbocycles. The first kappa shape index (κ1) is 17.1. The maximum atomic E-state index is 14.3. The molecule has 1 fully saturated rings. The minimum atomic E-state index is -0.309. The number of benzene rings is 2. The van der Waals surface area contributed by atoms with Gasteiger partial charge in [-0.25, -0.2) is 8.70 Å². The molecule has 24 heavy (non-hydrogen) atoms. The van der Waals surface area contributed by atoms with Crippen LogP contribution in [0.5, 0.6) is 5.75 Å². The highest BCUT2D eigenvalue weighted by Gasteiger charge is 2.21. The largest absolute Gasteiger partial charge is 0.497 e. The normalized spacial score (nSPS) is 15.5. The first-order chi connectivity index (χ1) is 11.7. The number of ether oxygens (including phenoxy) is 1. The number of nitrogens with zero attached hydrogens (tertiary/aromatic N) is 2. The Morgan fingerprint density at radius 1 is 1.08 bits per heavy atom. The molecule has 0 radical (unpaired) electrons. The zero-order valence-electron chi connectivity index (χ0n) is 13.6. The van der Waals surface area contributed by atoms with Crippen molar-refractivity contribution in [2.45, 2.75) is 11.5 Å². The van der Waals surface area contributed by atoms with Crippen LogP contribution in [0.1, 0.15) is 5.56 Å². The van der Waals surface area contributed by atoms with E-state index in [2.05, 4.69) is 4.31 Å². The maximum absolute atomic E-state index is 14.3. The van der Waals surface area contributed by atoms with Crippen LogP contribution in [0.15, 0.2) is 47.4 Å². The number of aliphatic hydroxyl groups is 1. The number of halogens is 1. The molecule has 128 valence electrons. The number of methoxy groups -OCH3 is 1. The molecule has 0 bridgehead atoms. The van der Waals surface area contributed by atoms with E-state index >= 15 is 0 Å². The van der Waals surface area contributed by atoms with Gasteiger partial charge in [-0.3, -0.25) is 0 Å². The highest BCUT2D eigenvalue weighted by Crippen LogP contribution is 2.28. The summed E-state index contributed by atoms with van der Waals surface area (Å²) in [5, 5.41) is 9.21. The summed E-state index contributed by atoms with van der Waals surface area (Å²) in [6.07, 6.45) is 0. The van der Waals surface area contributed by atoms with E-state index < -0.39 is 0 Å². The Kier molecular flexibility index (Phi) is 5.60. The van der Waals surface area contributed by atoms with Crippen LogP contribution < -0.4 is 9.64 Å². The number of hydrogen-bond acceptors (Lipinski definition) is 5. The third kappa shape index (κ3) is 3.83. The average molecular weight is 348 g/mol. The van der Waals surface area contributed by atoms with Crippen LogP contribution in [0.25, 0.3) is 0 Å². The third-order valence-electron chi connectivity index (χ3n) is 4.10. The molecular formula is C18H21FN2O2S. The van der Waals surface area contributed by atoms with Crippen LogP contribution in [0.4, 0.5) is 10.1 Å². The molecule has 0 aromatic heterocycles. The van der Waals surface area contributed by atoms with Crippen molar-refractivity contribution in [3.8, 4) is 5.75 Å². The van der Waals surface area contributed by atoms with Gasteiger partial charge in [-0.2, -0.15) is 0 Å². The first-order valence-electron chi connectivity index (χ1n) is 7.91. The predicted octanol–water partition coefficient (Wildman–Crippen LogP) is 3.16. The van der Waals surface area contributed by atoms with E-state index in [-0.39, 0.29) is 12.4 Å². The fraction of sp³-hybridized carbons (Fsp3) is 0.333. The van der Waals surface area contributed by atoms with E-state index in [0.717, 1.165) is 36.8 Å². The van der Waals surface area contributed by atoms with Crippen LogP contribution in [-0.2, 0) is 6.61 Å². The molecule has 6 heteroatoms. The van der Waals surface area contributed by atoms with Crippen molar-refractivity contribution in [1.29, 1.82) is 0 Å². The van der Waals surface area contributed by atoms with Crippen molar-refractivity contribution in [1.82, 2.24) is 4.31 Å². The Labute approximate surface area is 146 Å². The molecule has 4 nitrogen and oxygen atoms in total. The van der Waals surface area contributed by atoms with Gasteiger partial charge in [0.05, 0.1) is 19.4 Å². The molecule has 3 rings (SSSR count). The zero-order chi connectivity index (χ0) is 16.9. The minimum Gasteiger partial charge on any atom is -0.497 e. The molecule has 0 unspecified atom stereocenters. The molecule has 0 spiro atoms. The van der Waals surface area contributed by atoms with Gasteiger partial charge >= 0.3 is 0 Å². The van der Waals surface area contributed by atoms with E-state index in [0.29, 0.717) is 11.3 Å². The van der Waals surface area contributed by atoms with Crippen molar-refractivity contribution in [2.75, 3.05) is 38.2 Å². The average Bonchev–Trinajstić information content (AvgIpc) is 2.63. The van der Waals surface area contributed by atoms with Crippen LogP contribution >= 0.6 is 11.9 Å². The van der Waals surface area contributed by atoms with Gasteiger partial charge in [0.1, 0.15) is 5.75 Å². The Hall–Kier alpha value is -1.76. The second-order valence-electron chi connectivity index (χ2n) is 5.59. The van der Waals surface area contributed by atoms with Gasteiger partial charge < -0.3 is 14.7 Å². The van der Waals surface area contributed by atoms with E-state index in [9.17, 15) is 9.50 Å². The topological polar surface area (TPSA) is 35.9 Å². The van der Waals surface area contributed by atoms with Crippen molar-refractivity contribution >= 4 is 17.6 Å². The van der Waals surface area contributed by atoms with E-state index in [1.165, 1.54) is 0 Å². The summed E-state index contributed by atoms with van der Waals surface area (Å²) in [4.78, 5) is 3.21. The number of hydrogen-bond donors (Lipinski definition) is 1. The monoisotopic (exact) mass is 348 g/mol. The fourth-order valence-corrected chi connectivity index (χ4v) is 3.64. The summed E-state index contributed by atoms with van der Waals surface area (Å²) in [6.45, 7) is 2.94. The highest BCUT2D eigenvalue weighted by molar-refractivity contribution is 7.97. The van der Waals surface area contributed by atoms with Crippen LogP contribution in [-0.4, -0.2) is 42.7 Å². The lowest BCUT2D eigenvalue weighted by Gasteiger charge is -2.35. The smallest absolute Gasteiger partial charge is 0.151 e. The molecule has 1 aliphatic heterocycles. The second-order valence-corrected chi connectivity index (χ2v) is 6.76. The van der Waals surface area contributed by atoms with Crippen molar-refractivity contribution < 1.29 is 14.2 Å². The summed E-state index contributed by atoms with van der Waals surface area (Å²) in [5.41, 5.74) is 0.929. The van der Waals surface area contributed by atoms with Gasteiger partial charge in [-0.15, -0.1) is 0 Å². The van der Waals surface area contributed by atoms with Crippen molar-refractivity contribution in [2.24, 2.45) is 0 Å². The van der Waals surface area contributed by atoms with Gasteiger partial charge in [0.25, 0.3) is 0 Å². The number of piperazine rings is 1. The van der Waals surface area contributed by atoms with E-state index in [1.54, 1.807) is 37.3 Å². The summed E-state index contributed by atoms with van der Waals surface area (Å²) in [5.74, 6) is 0.541. The molecule has 1 aliphatic rings. The molecule has 0 amide bonds. The Bertz CT molecular complexity index is 673. The summed E-state index contributed by atoms with van der Waals surface area (Å²) in [7, 11) is 1.66. The lowest BCUT2D eigenvalue weighted by Crippen LogP contribution is -2.43. The minimum absolute atomic E-state index is 0.271. The Balaban J connectivity index is 1.59. The maximum Gasteiger partial charge on any atom is 0.151 e. The summed E-state index contributed by atoms with van der Waals surface area (Å²) in [6, 6.07) is 13.2. The molecule has 1 heterocycles. The first-order valence-corrected chi connectivity index (χ1v) is 8.69. The molecular weight excluding hydrogens is 327 g/mol. The Morgan fingerprint density at radius 3 is 2.42 bits per heavy atom. The number of aliphatic hydroxyl groups excluding tert-OH is 1. The van der Waals surface area contributed by atoms with Crippen LogP contribution in [0, 0.1) is 5.82 Å². The second kappa shape index (κ2) is 7.88. The summed E-state index contributed by atoms with van der Waals surface area (Å²) < 4.78 is 21.8. The fourth-order valence-electron chi connectivity index (χ4n) is 2.74. The van der Waals surface area contributed by atoms with E-state index in [4.69, 9.17) is 4.74 Å². The SMILES string of the molecule is COc1ccc(SN2CCN(c3cccc(CO)c3F)CC2)cc1. The molecule has 1 saturated heterocycles. The molecule has 0 aliphatic carbocycles. The lowest BCUT2D eigenvalue weighted by atomic mass is 10.1. The van der Waals surface area contributed by atoms with Crippen molar-refractivity contribution in [3.63, 3.8) is 0 Å². The van der Waals surface area contributed by atoms with Gasteiger partial charge in [0.2, 0.25) is 0 Å². The molecule has 0 atom stereocenters. The van der Waals surface area contributed by atoms with Crippen molar-refractivity contribution in [3.05, 3.63) is 53.8 Å². The number of anilines is 1. The van der Waals surface area contributed by atoms with Gasteiger partial charge in [0.15, 0.2) is 5.82 Å². The number of rotatable bonds is 5. The highest BCUT2D eigenvalue weighted by atomic mass is 32.2. The van der Waals surface area contributed by atoms with Gasteiger partial charge in [-0.05, 0) is 42.3 Å². The predicted molar refractivity (Wildman–Crippen MR) is 95.0 cm³/mol. The molecule has 2 aromatic carbocycles. The van der Waals surface area contributed by atoms with Gasteiger partial charge in [0, 0.05) is 36.6 Å². The van der Waals surface area contributed by atoms with Crippen LogP contribution in [0.3, 0.4) is 0 Å². The van der Waals surface area contributed by atoms with Gasteiger partial charge in [-0.1, -0.05) is 12.1 Å². The standard InChI is InChI=1S/C18H21FN2O2S/c1-23-15-5-7-16(8-6-15)24-21-11-9-20(10-12-21)17-4-2-3-14(13-22)18(17)19/h2-8,22H,9-13H2,1H3. The molecule has 2 aromatic rings. The third-order valence-corrected chi connectivity index (χ3v) is 5.21. The summed E-state index contributed by atoms with van der Waals surface area (Å²) >= 11 is 1.71.